The number of hydrogen-bond acceptors (Lipinski definition) is 3. The van der Waals surface area contributed by atoms with E-state index in [1.807, 2.05) is 18.2 Å². The van der Waals surface area contributed by atoms with Gasteiger partial charge in [-0.1, -0.05) is 36.4 Å². The molecule has 98 valence electrons. The molecule has 0 aliphatic rings. The molecule has 0 aliphatic heterocycles. The van der Waals surface area contributed by atoms with Crippen LogP contribution in [0.2, 0.25) is 0 Å². The van der Waals surface area contributed by atoms with Crippen LogP contribution in [-0.2, 0) is 13.2 Å². The molecule has 2 aromatic carbocycles. The molecule has 3 N–H and O–H groups in total. The van der Waals surface area contributed by atoms with Crippen molar-refractivity contribution in [1.82, 2.24) is 0 Å². The standard InChI is InChI=1S/C15H15NO3/c16-15(18)13-7-3-1-6-12(13)10-19-14-8-4-2-5-11(14)9-17/h1-8,17H,9-10H2,(H2,16,18). The van der Waals surface area contributed by atoms with Crippen molar-refractivity contribution < 1.29 is 14.6 Å². The SMILES string of the molecule is NC(=O)c1ccccc1COc1ccccc1CO. The summed E-state index contributed by atoms with van der Waals surface area (Å²) in [6.07, 6.45) is 0. The molecule has 1 amide bonds. The predicted octanol–water partition coefficient (Wildman–Crippen LogP) is 1.86. The topological polar surface area (TPSA) is 72.6 Å². The molecule has 0 saturated carbocycles. The van der Waals surface area contributed by atoms with Gasteiger partial charge in [-0.15, -0.1) is 0 Å². The monoisotopic (exact) mass is 257 g/mol. The van der Waals surface area contributed by atoms with Crippen LogP contribution in [0.25, 0.3) is 0 Å². The largest absolute Gasteiger partial charge is 0.489 e. The number of para-hydroxylation sites is 1. The highest BCUT2D eigenvalue weighted by Gasteiger charge is 2.08. The van der Waals surface area contributed by atoms with E-state index in [2.05, 4.69) is 0 Å². The second-order valence-electron chi connectivity index (χ2n) is 4.08. The lowest BCUT2D eigenvalue weighted by atomic mass is 10.1. The molecule has 0 bridgehead atoms. The van der Waals surface area contributed by atoms with Crippen LogP contribution in [0.5, 0.6) is 5.75 Å². The maximum absolute atomic E-state index is 11.3. The lowest BCUT2D eigenvalue weighted by molar-refractivity contribution is 0.0997. The van der Waals surface area contributed by atoms with Crippen molar-refractivity contribution in [2.45, 2.75) is 13.2 Å². The molecule has 0 aliphatic carbocycles. The zero-order chi connectivity index (χ0) is 13.7. The van der Waals surface area contributed by atoms with E-state index in [-0.39, 0.29) is 13.2 Å². The molecule has 0 fully saturated rings. The van der Waals surface area contributed by atoms with E-state index in [0.717, 1.165) is 5.56 Å². The van der Waals surface area contributed by atoms with Crippen LogP contribution >= 0.6 is 0 Å². The van der Waals surface area contributed by atoms with E-state index in [0.29, 0.717) is 16.9 Å². The molecule has 2 aromatic rings. The number of rotatable bonds is 5. The van der Waals surface area contributed by atoms with Crippen molar-refractivity contribution in [1.29, 1.82) is 0 Å². The zero-order valence-corrected chi connectivity index (χ0v) is 10.4. The van der Waals surface area contributed by atoms with Crippen molar-refractivity contribution in [3.8, 4) is 5.75 Å². The Hall–Kier alpha value is -2.33. The first-order chi connectivity index (χ1) is 9.22. The average Bonchev–Trinajstić information content (AvgIpc) is 2.45. The minimum atomic E-state index is -0.477. The Bertz CT molecular complexity index is 581. The number of ether oxygens (including phenoxy) is 1. The van der Waals surface area contributed by atoms with Gasteiger partial charge in [0.25, 0.3) is 0 Å². The Morgan fingerprint density at radius 1 is 1.05 bits per heavy atom. The molecule has 4 nitrogen and oxygen atoms in total. The Morgan fingerprint density at radius 2 is 1.68 bits per heavy atom. The van der Waals surface area contributed by atoms with Crippen LogP contribution in [0.3, 0.4) is 0 Å². The third-order valence-electron chi connectivity index (χ3n) is 2.81. The summed E-state index contributed by atoms with van der Waals surface area (Å²) in [5.41, 5.74) is 7.19. The summed E-state index contributed by atoms with van der Waals surface area (Å²) in [7, 11) is 0. The quantitative estimate of drug-likeness (QED) is 0.858. The van der Waals surface area contributed by atoms with Gasteiger partial charge in [-0.2, -0.15) is 0 Å². The number of aliphatic hydroxyl groups is 1. The normalized spacial score (nSPS) is 10.2. The summed E-state index contributed by atoms with van der Waals surface area (Å²) < 4.78 is 5.64. The summed E-state index contributed by atoms with van der Waals surface area (Å²) in [5.74, 6) is 0.124. The van der Waals surface area contributed by atoms with E-state index >= 15 is 0 Å². The second kappa shape index (κ2) is 6.02. The van der Waals surface area contributed by atoms with E-state index in [4.69, 9.17) is 10.5 Å². The van der Waals surface area contributed by atoms with E-state index in [9.17, 15) is 9.90 Å². The molecule has 0 atom stereocenters. The number of hydrogen-bond donors (Lipinski definition) is 2. The first-order valence-electron chi connectivity index (χ1n) is 5.91. The van der Waals surface area contributed by atoms with Crippen LogP contribution < -0.4 is 10.5 Å². The summed E-state index contributed by atoms with van der Waals surface area (Å²) in [4.78, 5) is 11.3. The molecule has 0 radical (unpaired) electrons. The lowest BCUT2D eigenvalue weighted by Gasteiger charge is -2.11. The van der Waals surface area contributed by atoms with Crippen molar-refractivity contribution in [2.24, 2.45) is 5.73 Å². The van der Waals surface area contributed by atoms with Gasteiger partial charge in [-0.3, -0.25) is 4.79 Å². The fourth-order valence-electron chi connectivity index (χ4n) is 1.82. The minimum absolute atomic E-state index is 0.0896. The van der Waals surface area contributed by atoms with Gasteiger partial charge in [0.2, 0.25) is 5.91 Å². The summed E-state index contributed by atoms with van der Waals surface area (Å²) in [6, 6.07) is 14.3. The summed E-state index contributed by atoms with van der Waals surface area (Å²) in [6.45, 7) is 0.143. The molecule has 0 unspecified atom stereocenters. The Balaban J connectivity index is 2.17. The predicted molar refractivity (Wildman–Crippen MR) is 71.7 cm³/mol. The number of amides is 1. The molecule has 2 rings (SSSR count). The summed E-state index contributed by atoms with van der Waals surface area (Å²) >= 11 is 0. The van der Waals surface area contributed by atoms with Crippen LogP contribution in [0, 0.1) is 0 Å². The molecule has 0 heterocycles. The highest BCUT2D eigenvalue weighted by Crippen LogP contribution is 2.20. The van der Waals surface area contributed by atoms with E-state index in [1.54, 1.807) is 30.3 Å². The highest BCUT2D eigenvalue weighted by molar-refractivity contribution is 5.94. The van der Waals surface area contributed by atoms with E-state index in [1.165, 1.54) is 0 Å². The van der Waals surface area contributed by atoms with Gasteiger partial charge in [-0.05, 0) is 12.1 Å². The van der Waals surface area contributed by atoms with Gasteiger partial charge in [0.15, 0.2) is 0 Å². The smallest absolute Gasteiger partial charge is 0.249 e. The first-order valence-corrected chi connectivity index (χ1v) is 5.91. The number of primary amides is 1. The number of carbonyl (C=O) groups is 1. The molecule has 19 heavy (non-hydrogen) atoms. The van der Waals surface area contributed by atoms with E-state index < -0.39 is 5.91 Å². The zero-order valence-electron chi connectivity index (χ0n) is 10.4. The Kier molecular flexibility index (Phi) is 4.15. The Morgan fingerprint density at radius 3 is 2.37 bits per heavy atom. The Labute approximate surface area is 111 Å². The first kappa shape index (κ1) is 13.1. The summed E-state index contributed by atoms with van der Waals surface area (Å²) in [5, 5.41) is 9.20. The van der Waals surface area contributed by atoms with Crippen LogP contribution in [0.1, 0.15) is 21.5 Å². The van der Waals surface area contributed by atoms with Gasteiger partial charge in [0.05, 0.1) is 6.61 Å². The van der Waals surface area contributed by atoms with Gasteiger partial charge in [0.1, 0.15) is 12.4 Å². The number of carbonyl (C=O) groups excluding carboxylic acids is 1. The van der Waals surface area contributed by atoms with Crippen LogP contribution in [0.4, 0.5) is 0 Å². The van der Waals surface area contributed by atoms with Crippen molar-refractivity contribution in [3.63, 3.8) is 0 Å². The number of benzene rings is 2. The fourth-order valence-corrected chi connectivity index (χ4v) is 1.82. The minimum Gasteiger partial charge on any atom is -0.489 e. The van der Waals surface area contributed by atoms with Crippen LogP contribution in [0.15, 0.2) is 48.5 Å². The fraction of sp³-hybridized carbons (Fsp3) is 0.133. The van der Waals surface area contributed by atoms with Crippen LogP contribution in [-0.4, -0.2) is 11.0 Å². The molecular formula is C15H15NO3. The van der Waals surface area contributed by atoms with Crippen molar-refractivity contribution in [2.75, 3.05) is 0 Å². The van der Waals surface area contributed by atoms with Crippen molar-refractivity contribution in [3.05, 3.63) is 65.2 Å². The lowest BCUT2D eigenvalue weighted by Crippen LogP contribution is -2.14. The number of aliphatic hydroxyl groups excluding tert-OH is 1. The maximum Gasteiger partial charge on any atom is 0.249 e. The molecule has 0 saturated heterocycles. The third-order valence-corrected chi connectivity index (χ3v) is 2.81. The van der Waals surface area contributed by atoms with Gasteiger partial charge in [0, 0.05) is 16.7 Å². The molecule has 0 spiro atoms. The average molecular weight is 257 g/mol. The van der Waals surface area contributed by atoms with Gasteiger partial charge < -0.3 is 15.6 Å². The number of nitrogens with two attached hydrogens (primary N) is 1. The second-order valence-corrected chi connectivity index (χ2v) is 4.08. The maximum atomic E-state index is 11.3. The highest BCUT2D eigenvalue weighted by atomic mass is 16.5. The molecule has 0 aromatic heterocycles. The van der Waals surface area contributed by atoms with Crippen molar-refractivity contribution >= 4 is 5.91 Å². The van der Waals surface area contributed by atoms with Gasteiger partial charge in [-0.25, -0.2) is 0 Å². The third kappa shape index (κ3) is 3.11. The van der Waals surface area contributed by atoms with Gasteiger partial charge >= 0.3 is 0 Å². The molecular weight excluding hydrogens is 242 g/mol. The molecule has 4 heteroatoms.